The van der Waals surface area contributed by atoms with Crippen LogP contribution in [0.25, 0.3) is 0 Å². The first-order chi connectivity index (χ1) is 9.12. The van der Waals surface area contributed by atoms with Gasteiger partial charge in [-0.1, -0.05) is 24.7 Å². The van der Waals surface area contributed by atoms with Crippen molar-refractivity contribution in [3.63, 3.8) is 0 Å². The molecule has 0 atom stereocenters. The zero-order chi connectivity index (χ0) is 13.9. The Balaban J connectivity index is 2.18. The Morgan fingerprint density at radius 1 is 1.42 bits per heavy atom. The highest BCUT2D eigenvalue weighted by Crippen LogP contribution is 2.43. The second-order valence-electron chi connectivity index (χ2n) is 4.84. The quantitative estimate of drug-likeness (QED) is 0.618. The molecule has 104 valence electrons. The summed E-state index contributed by atoms with van der Waals surface area (Å²) in [6.07, 6.45) is 8.19. The SMILES string of the molecule is CSc1cccc(NCC2(SC)CCC2)c1C(N)=S. The Kier molecular flexibility index (Phi) is 5.03. The molecule has 1 aromatic carbocycles. The first-order valence-electron chi connectivity index (χ1n) is 6.38. The highest BCUT2D eigenvalue weighted by Gasteiger charge is 2.35. The Bertz CT molecular complexity index is 464. The van der Waals surface area contributed by atoms with Crippen LogP contribution in [0.3, 0.4) is 0 Å². The van der Waals surface area contributed by atoms with Gasteiger partial charge in [0.1, 0.15) is 4.99 Å². The predicted octanol–water partition coefficient (Wildman–Crippen LogP) is 3.74. The van der Waals surface area contributed by atoms with E-state index in [1.54, 1.807) is 11.8 Å². The van der Waals surface area contributed by atoms with Crippen LogP contribution in [0.1, 0.15) is 24.8 Å². The summed E-state index contributed by atoms with van der Waals surface area (Å²) in [6.45, 7) is 0.988. The third-order valence-corrected chi connectivity index (χ3v) is 6.19. The molecular weight excluding hydrogens is 292 g/mol. The third-order valence-electron chi connectivity index (χ3n) is 3.79. The van der Waals surface area contributed by atoms with Crippen molar-refractivity contribution in [2.24, 2.45) is 5.73 Å². The largest absolute Gasteiger partial charge is 0.389 e. The number of anilines is 1. The van der Waals surface area contributed by atoms with E-state index in [-0.39, 0.29) is 0 Å². The van der Waals surface area contributed by atoms with Crippen molar-refractivity contribution in [3.8, 4) is 0 Å². The van der Waals surface area contributed by atoms with Crippen LogP contribution in [0.2, 0.25) is 0 Å². The van der Waals surface area contributed by atoms with Gasteiger partial charge in [0.2, 0.25) is 0 Å². The van der Waals surface area contributed by atoms with Crippen LogP contribution in [0.5, 0.6) is 0 Å². The molecule has 2 rings (SSSR count). The van der Waals surface area contributed by atoms with Crippen molar-refractivity contribution in [2.45, 2.75) is 28.9 Å². The molecule has 1 saturated carbocycles. The number of nitrogens with two attached hydrogens (primary N) is 1. The maximum absolute atomic E-state index is 5.88. The lowest BCUT2D eigenvalue weighted by molar-refractivity contribution is 0.380. The smallest absolute Gasteiger partial charge is 0.107 e. The van der Waals surface area contributed by atoms with Gasteiger partial charge in [0.25, 0.3) is 0 Å². The minimum Gasteiger partial charge on any atom is -0.389 e. The Labute approximate surface area is 129 Å². The van der Waals surface area contributed by atoms with Crippen LogP contribution in [0.4, 0.5) is 5.69 Å². The van der Waals surface area contributed by atoms with E-state index in [0.717, 1.165) is 22.7 Å². The van der Waals surface area contributed by atoms with Crippen molar-refractivity contribution in [2.75, 3.05) is 24.4 Å². The van der Waals surface area contributed by atoms with Crippen molar-refractivity contribution in [3.05, 3.63) is 23.8 Å². The summed E-state index contributed by atoms with van der Waals surface area (Å²) in [5, 5.41) is 3.56. The standard InChI is InChI=1S/C14H20N2S3/c1-18-11-6-3-5-10(12(11)13(15)17)16-9-14(19-2)7-4-8-14/h3,5-6,16H,4,7-9H2,1-2H3,(H2,15,17). The lowest BCUT2D eigenvalue weighted by Gasteiger charge is -2.41. The number of nitrogens with one attached hydrogen (secondary N) is 1. The average molecular weight is 313 g/mol. The van der Waals surface area contributed by atoms with Gasteiger partial charge in [-0.25, -0.2) is 0 Å². The van der Waals surface area contributed by atoms with E-state index in [0.29, 0.717) is 9.74 Å². The van der Waals surface area contributed by atoms with E-state index in [1.807, 2.05) is 11.8 Å². The maximum Gasteiger partial charge on any atom is 0.107 e. The van der Waals surface area contributed by atoms with Crippen molar-refractivity contribution < 1.29 is 0 Å². The first kappa shape index (κ1) is 15.0. The minimum atomic E-state index is 0.406. The molecule has 0 aromatic heterocycles. The molecule has 0 bridgehead atoms. The van der Waals surface area contributed by atoms with E-state index in [1.165, 1.54) is 19.3 Å². The first-order valence-corrected chi connectivity index (χ1v) is 9.23. The number of hydrogen-bond donors (Lipinski definition) is 2. The van der Waals surface area contributed by atoms with Gasteiger partial charge in [-0.3, -0.25) is 0 Å². The zero-order valence-corrected chi connectivity index (χ0v) is 13.8. The van der Waals surface area contributed by atoms with Crippen LogP contribution < -0.4 is 11.1 Å². The highest BCUT2D eigenvalue weighted by atomic mass is 32.2. The summed E-state index contributed by atoms with van der Waals surface area (Å²) in [5.41, 5.74) is 7.94. The summed E-state index contributed by atoms with van der Waals surface area (Å²) in [5.74, 6) is 0. The second kappa shape index (κ2) is 6.37. The number of hydrogen-bond acceptors (Lipinski definition) is 4. The molecule has 2 nitrogen and oxygen atoms in total. The fourth-order valence-corrected chi connectivity index (χ4v) is 4.22. The molecule has 1 aliphatic rings. The van der Waals surface area contributed by atoms with Crippen LogP contribution in [0.15, 0.2) is 23.1 Å². The molecule has 5 heteroatoms. The van der Waals surface area contributed by atoms with Gasteiger partial charge < -0.3 is 11.1 Å². The van der Waals surface area contributed by atoms with Gasteiger partial charge in [-0.05, 0) is 37.5 Å². The van der Waals surface area contributed by atoms with Gasteiger partial charge in [0, 0.05) is 27.4 Å². The fraction of sp³-hybridized carbons (Fsp3) is 0.500. The van der Waals surface area contributed by atoms with Crippen LogP contribution in [-0.2, 0) is 0 Å². The van der Waals surface area contributed by atoms with E-state index < -0.39 is 0 Å². The lowest BCUT2D eigenvalue weighted by atomic mass is 9.84. The third kappa shape index (κ3) is 3.20. The van der Waals surface area contributed by atoms with Crippen LogP contribution >= 0.6 is 35.7 Å². The van der Waals surface area contributed by atoms with Crippen molar-refractivity contribution in [1.82, 2.24) is 0 Å². The molecule has 3 N–H and O–H groups in total. The maximum atomic E-state index is 5.88. The minimum absolute atomic E-state index is 0.406. The lowest BCUT2D eigenvalue weighted by Crippen LogP contribution is -2.40. The molecular formula is C14H20N2S3. The van der Waals surface area contributed by atoms with Gasteiger partial charge in [-0.2, -0.15) is 11.8 Å². The van der Waals surface area contributed by atoms with E-state index in [2.05, 4.69) is 36.0 Å². The number of rotatable bonds is 6. The molecule has 19 heavy (non-hydrogen) atoms. The van der Waals surface area contributed by atoms with Gasteiger partial charge in [0.15, 0.2) is 0 Å². The number of benzene rings is 1. The number of thioether (sulfide) groups is 2. The summed E-state index contributed by atoms with van der Waals surface area (Å²) >= 11 is 8.86. The summed E-state index contributed by atoms with van der Waals surface area (Å²) in [4.78, 5) is 1.61. The molecule has 1 fully saturated rings. The molecule has 1 aliphatic carbocycles. The fourth-order valence-electron chi connectivity index (χ4n) is 2.38. The molecule has 1 aromatic rings. The van der Waals surface area contributed by atoms with Crippen molar-refractivity contribution in [1.29, 1.82) is 0 Å². The van der Waals surface area contributed by atoms with E-state index in [4.69, 9.17) is 18.0 Å². The summed E-state index contributed by atoms with van der Waals surface area (Å²) < 4.78 is 0.406. The molecule has 0 spiro atoms. The van der Waals surface area contributed by atoms with Crippen LogP contribution in [-0.4, -0.2) is 28.8 Å². The van der Waals surface area contributed by atoms with Gasteiger partial charge >= 0.3 is 0 Å². The normalized spacial score (nSPS) is 16.7. The summed E-state index contributed by atoms with van der Waals surface area (Å²) in [7, 11) is 0. The molecule has 0 saturated heterocycles. The predicted molar refractivity (Wildman–Crippen MR) is 92.7 cm³/mol. The Morgan fingerprint density at radius 2 is 2.16 bits per heavy atom. The van der Waals surface area contributed by atoms with E-state index in [9.17, 15) is 0 Å². The molecule has 0 unspecified atom stereocenters. The van der Waals surface area contributed by atoms with Crippen molar-refractivity contribution >= 4 is 46.4 Å². The van der Waals surface area contributed by atoms with Crippen LogP contribution in [0, 0.1) is 0 Å². The molecule has 0 heterocycles. The Hall–Kier alpha value is -0.390. The monoisotopic (exact) mass is 312 g/mol. The number of thiocarbonyl (C=S) groups is 1. The molecule has 0 aliphatic heterocycles. The molecule has 0 amide bonds. The Morgan fingerprint density at radius 3 is 2.63 bits per heavy atom. The van der Waals surface area contributed by atoms with Gasteiger partial charge in [0.05, 0.1) is 0 Å². The average Bonchev–Trinajstić information content (AvgIpc) is 2.37. The second-order valence-corrected chi connectivity index (χ2v) is 7.40. The highest BCUT2D eigenvalue weighted by molar-refractivity contribution is 8.00. The zero-order valence-electron chi connectivity index (χ0n) is 11.4. The van der Waals surface area contributed by atoms with Gasteiger partial charge in [-0.15, -0.1) is 11.8 Å². The molecule has 0 radical (unpaired) electrons. The summed E-state index contributed by atoms with van der Waals surface area (Å²) in [6, 6.07) is 6.20. The van der Waals surface area contributed by atoms with E-state index >= 15 is 0 Å². The topological polar surface area (TPSA) is 38.0 Å².